The average molecular weight is 227 g/mol. The molecule has 1 aliphatic rings. The highest BCUT2D eigenvalue weighted by Gasteiger charge is 2.19. The van der Waals surface area contributed by atoms with Gasteiger partial charge in [-0.25, -0.2) is 0 Å². The van der Waals surface area contributed by atoms with Crippen LogP contribution in [-0.2, 0) is 0 Å². The van der Waals surface area contributed by atoms with Gasteiger partial charge in [-0.05, 0) is 12.3 Å². The molecule has 0 aromatic rings. The third-order valence-corrected chi connectivity index (χ3v) is 2.66. The molecule has 1 heterocycles. The van der Waals surface area contributed by atoms with E-state index < -0.39 is 0 Å². The highest BCUT2D eigenvalue weighted by Crippen LogP contribution is 2.13. The van der Waals surface area contributed by atoms with E-state index in [-0.39, 0.29) is 6.23 Å². The topological polar surface area (TPSA) is 32.3 Å². The van der Waals surface area contributed by atoms with Crippen molar-refractivity contribution in [3.63, 3.8) is 0 Å². The van der Waals surface area contributed by atoms with Crippen molar-refractivity contribution in [3.8, 4) is 0 Å². The number of rotatable bonds is 1. The Morgan fingerprint density at radius 2 is 2.50 bits per heavy atom. The van der Waals surface area contributed by atoms with Crippen molar-refractivity contribution in [2.75, 3.05) is 11.0 Å². The number of nitrogens with one attached hydrogen (secondary N) is 1. The molecule has 0 spiro atoms. The van der Waals surface area contributed by atoms with Crippen LogP contribution >= 0.6 is 22.6 Å². The Balaban J connectivity index is 2.22. The number of aliphatic hydroxyl groups is 1. The van der Waals surface area contributed by atoms with Gasteiger partial charge in [-0.2, -0.15) is 0 Å². The maximum absolute atomic E-state index is 8.92. The molecule has 1 aliphatic heterocycles. The predicted molar refractivity (Wildman–Crippen MR) is 41.0 cm³/mol. The first-order valence-electron chi connectivity index (χ1n) is 2.80. The highest BCUT2D eigenvalue weighted by molar-refractivity contribution is 14.1. The van der Waals surface area contributed by atoms with Crippen molar-refractivity contribution < 1.29 is 5.11 Å². The molecule has 1 fully saturated rings. The van der Waals surface area contributed by atoms with E-state index in [4.69, 9.17) is 5.11 Å². The number of aliphatic hydroxyl groups excluding tert-OH is 1. The van der Waals surface area contributed by atoms with Crippen LogP contribution < -0.4 is 5.32 Å². The van der Waals surface area contributed by atoms with Crippen LogP contribution in [0.3, 0.4) is 0 Å². The van der Waals surface area contributed by atoms with Crippen molar-refractivity contribution >= 4 is 22.6 Å². The zero-order chi connectivity index (χ0) is 5.98. The molecule has 0 aromatic carbocycles. The molecule has 0 saturated carbocycles. The van der Waals surface area contributed by atoms with Crippen LogP contribution in [0.2, 0.25) is 0 Å². The summed E-state index contributed by atoms with van der Waals surface area (Å²) in [7, 11) is 0. The van der Waals surface area contributed by atoms with Gasteiger partial charge in [0.25, 0.3) is 0 Å². The van der Waals surface area contributed by atoms with Gasteiger partial charge in [-0.15, -0.1) is 0 Å². The summed E-state index contributed by atoms with van der Waals surface area (Å²) in [6.45, 7) is 0.990. The Morgan fingerprint density at radius 1 is 1.75 bits per heavy atom. The van der Waals surface area contributed by atoms with Crippen molar-refractivity contribution in [3.05, 3.63) is 0 Å². The van der Waals surface area contributed by atoms with Crippen LogP contribution in [0.4, 0.5) is 0 Å². The molecule has 8 heavy (non-hydrogen) atoms. The maximum Gasteiger partial charge on any atom is 0.105 e. The molecule has 0 amide bonds. The second kappa shape index (κ2) is 2.98. The lowest BCUT2D eigenvalue weighted by Crippen LogP contribution is -2.19. The van der Waals surface area contributed by atoms with Gasteiger partial charge in [-0.1, -0.05) is 22.6 Å². The maximum atomic E-state index is 8.92. The van der Waals surface area contributed by atoms with Crippen LogP contribution in [0, 0.1) is 5.92 Å². The van der Waals surface area contributed by atoms with Gasteiger partial charge in [-0.3, -0.25) is 5.32 Å². The van der Waals surface area contributed by atoms with Crippen LogP contribution in [-0.4, -0.2) is 22.3 Å². The summed E-state index contributed by atoms with van der Waals surface area (Å²) in [5.74, 6) is 0.700. The molecule has 48 valence electrons. The van der Waals surface area contributed by atoms with Gasteiger partial charge in [0.05, 0.1) is 0 Å². The fourth-order valence-corrected chi connectivity index (χ4v) is 1.57. The lowest BCUT2D eigenvalue weighted by Gasteiger charge is -1.98. The molecular formula is C5H10INO. The average Bonchev–Trinajstić information content (AvgIpc) is 2.14. The molecule has 3 heteroatoms. The van der Waals surface area contributed by atoms with E-state index in [1.54, 1.807) is 0 Å². The minimum Gasteiger partial charge on any atom is -0.379 e. The normalized spacial score (nSPS) is 38.2. The molecular weight excluding hydrogens is 217 g/mol. The van der Waals surface area contributed by atoms with E-state index in [1.807, 2.05) is 0 Å². The van der Waals surface area contributed by atoms with E-state index >= 15 is 0 Å². The number of halogens is 1. The summed E-state index contributed by atoms with van der Waals surface area (Å²) in [5, 5.41) is 11.9. The summed E-state index contributed by atoms with van der Waals surface area (Å²) in [4.78, 5) is 0. The van der Waals surface area contributed by atoms with Crippen LogP contribution in [0.25, 0.3) is 0 Å². The lowest BCUT2D eigenvalue weighted by molar-refractivity contribution is 0.157. The molecule has 2 N–H and O–H groups in total. The summed E-state index contributed by atoms with van der Waals surface area (Å²) >= 11 is 2.35. The Labute approximate surface area is 62.8 Å². The third-order valence-electron chi connectivity index (χ3n) is 1.42. The molecule has 0 aliphatic carbocycles. The van der Waals surface area contributed by atoms with E-state index in [0.29, 0.717) is 5.92 Å². The van der Waals surface area contributed by atoms with Gasteiger partial charge in [0.1, 0.15) is 6.23 Å². The van der Waals surface area contributed by atoms with Crippen molar-refractivity contribution in [1.82, 2.24) is 5.32 Å². The zero-order valence-corrected chi connectivity index (χ0v) is 6.76. The quantitative estimate of drug-likeness (QED) is 0.500. The Hall–Kier alpha value is 0.650. The standard InChI is InChI=1S/C5H10INO/c6-2-4-1-5(8)7-3-4/h4-5,7-8H,1-3H2/t4-,5?/m0/s1. The summed E-state index contributed by atoms with van der Waals surface area (Å²) < 4.78 is 1.15. The Morgan fingerprint density at radius 3 is 2.75 bits per heavy atom. The molecule has 0 radical (unpaired) electrons. The molecule has 1 rings (SSSR count). The first kappa shape index (κ1) is 6.77. The second-order valence-electron chi connectivity index (χ2n) is 2.18. The first-order chi connectivity index (χ1) is 3.83. The molecule has 1 saturated heterocycles. The summed E-state index contributed by atoms with van der Waals surface area (Å²) in [6.07, 6.45) is 0.706. The van der Waals surface area contributed by atoms with Gasteiger partial charge in [0, 0.05) is 11.0 Å². The SMILES string of the molecule is OC1C[C@@H](CI)CN1. The molecule has 2 nitrogen and oxygen atoms in total. The highest BCUT2D eigenvalue weighted by atomic mass is 127. The summed E-state index contributed by atoms with van der Waals surface area (Å²) in [5.41, 5.74) is 0. The number of hydrogen-bond donors (Lipinski definition) is 2. The van der Waals surface area contributed by atoms with Crippen molar-refractivity contribution in [2.24, 2.45) is 5.92 Å². The van der Waals surface area contributed by atoms with E-state index in [0.717, 1.165) is 17.4 Å². The van der Waals surface area contributed by atoms with E-state index in [2.05, 4.69) is 27.9 Å². The number of alkyl halides is 1. The first-order valence-corrected chi connectivity index (χ1v) is 4.33. The second-order valence-corrected chi connectivity index (χ2v) is 3.06. The zero-order valence-electron chi connectivity index (χ0n) is 4.60. The summed E-state index contributed by atoms with van der Waals surface area (Å²) in [6, 6.07) is 0. The van der Waals surface area contributed by atoms with Crippen LogP contribution in [0.1, 0.15) is 6.42 Å². The lowest BCUT2D eigenvalue weighted by atomic mass is 10.1. The predicted octanol–water partition coefficient (Wildman–Crippen LogP) is 0.349. The molecule has 0 aromatic heterocycles. The van der Waals surface area contributed by atoms with Gasteiger partial charge in [0.15, 0.2) is 0 Å². The molecule has 1 unspecified atom stereocenters. The van der Waals surface area contributed by atoms with Gasteiger partial charge >= 0.3 is 0 Å². The van der Waals surface area contributed by atoms with Crippen molar-refractivity contribution in [2.45, 2.75) is 12.6 Å². The van der Waals surface area contributed by atoms with E-state index in [9.17, 15) is 0 Å². The van der Waals surface area contributed by atoms with E-state index in [1.165, 1.54) is 0 Å². The fourth-order valence-electron chi connectivity index (χ4n) is 0.903. The largest absolute Gasteiger partial charge is 0.379 e. The minimum absolute atomic E-state index is 0.227. The van der Waals surface area contributed by atoms with Crippen LogP contribution in [0.5, 0.6) is 0 Å². The minimum atomic E-state index is -0.227. The smallest absolute Gasteiger partial charge is 0.105 e. The Bertz CT molecular complexity index is 78.8. The monoisotopic (exact) mass is 227 g/mol. The third kappa shape index (κ3) is 1.56. The van der Waals surface area contributed by atoms with Crippen LogP contribution in [0.15, 0.2) is 0 Å². The van der Waals surface area contributed by atoms with Crippen molar-refractivity contribution in [1.29, 1.82) is 0 Å². The molecule has 0 bridgehead atoms. The molecule has 2 atom stereocenters. The fraction of sp³-hybridized carbons (Fsp3) is 1.00. The van der Waals surface area contributed by atoms with Gasteiger partial charge < -0.3 is 5.11 Å². The number of hydrogen-bond acceptors (Lipinski definition) is 2. The van der Waals surface area contributed by atoms with Gasteiger partial charge in [0.2, 0.25) is 0 Å². The Kier molecular flexibility index (Phi) is 2.52.